The molecule has 0 radical (unpaired) electrons. The van der Waals surface area contributed by atoms with Crippen LogP contribution in [0.4, 0.5) is 0 Å². The predicted octanol–water partition coefficient (Wildman–Crippen LogP) is 1.61. The Balaban J connectivity index is 2.14. The second-order valence-electron chi connectivity index (χ2n) is 5.79. The molecule has 0 bridgehead atoms. The zero-order chi connectivity index (χ0) is 13.2. The lowest BCUT2D eigenvalue weighted by Crippen LogP contribution is -2.56. The predicted molar refractivity (Wildman–Crippen MR) is 74.1 cm³/mol. The first-order valence-corrected chi connectivity index (χ1v) is 6.74. The molecule has 3 nitrogen and oxygen atoms in total. The molecule has 2 atom stereocenters. The zero-order valence-electron chi connectivity index (χ0n) is 11.3. The molecule has 100 valence electrons. The molecule has 1 aromatic rings. The Labute approximate surface area is 110 Å². The van der Waals surface area contributed by atoms with Crippen molar-refractivity contribution in [2.45, 2.75) is 38.4 Å². The molecule has 1 saturated heterocycles. The van der Waals surface area contributed by atoms with Crippen LogP contribution in [0, 0.1) is 5.92 Å². The average molecular weight is 248 g/mol. The molecule has 3 N–H and O–H groups in total. The Hall–Kier alpha value is -0.900. The summed E-state index contributed by atoms with van der Waals surface area (Å²) in [5, 5.41) is 9.58. The Morgan fingerprint density at radius 3 is 2.61 bits per heavy atom. The van der Waals surface area contributed by atoms with Crippen LogP contribution in [-0.2, 0) is 6.54 Å². The highest BCUT2D eigenvalue weighted by atomic mass is 16.3. The van der Waals surface area contributed by atoms with Gasteiger partial charge in [0.1, 0.15) is 0 Å². The Bertz CT molecular complexity index is 379. The van der Waals surface area contributed by atoms with Crippen LogP contribution in [0.1, 0.15) is 25.8 Å². The highest BCUT2D eigenvalue weighted by Crippen LogP contribution is 2.32. The van der Waals surface area contributed by atoms with Crippen LogP contribution in [0.3, 0.4) is 0 Å². The zero-order valence-corrected chi connectivity index (χ0v) is 11.3. The molecule has 1 aliphatic heterocycles. The van der Waals surface area contributed by atoms with E-state index in [2.05, 4.69) is 43.0 Å². The van der Waals surface area contributed by atoms with Gasteiger partial charge >= 0.3 is 0 Å². The van der Waals surface area contributed by atoms with Crippen LogP contribution in [0.25, 0.3) is 0 Å². The number of rotatable bonds is 4. The number of likely N-dealkylation sites (tertiary alicyclic amines) is 1. The lowest BCUT2D eigenvalue weighted by Gasteiger charge is -2.37. The highest BCUT2D eigenvalue weighted by Gasteiger charge is 2.45. The van der Waals surface area contributed by atoms with Gasteiger partial charge in [0.15, 0.2) is 0 Å². The van der Waals surface area contributed by atoms with Crippen molar-refractivity contribution in [3.63, 3.8) is 0 Å². The summed E-state index contributed by atoms with van der Waals surface area (Å²) in [5.74, 6) is 0.452. The van der Waals surface area contributed by atoms with Crippen molar-refractivity contribution in [2.75, 3.05) is 13.2 Å². The van der Waals surface area contributed by atoms with Crippen molar-refractivity contribution in [1.29, 1.82) is 0 Å². The number of hydrogen-bond acceptors (Lipinski definition) is 3. The standard InChI is InChI=1S/C15H24N2O/c1-12(2)14-15(16,11-18)8-9-17(14)10-13-6-4-3-5-7-13/h3-7,12,14,18H,8-11,16H2,1-2H3. The monoisotopic (exact) mass is 248 g/mol. The van der Waals surface area contributed by atoms with Gasteiger partial charge in [-0.25, -0.2) is 0 Å². The van der Waals surface area contributed by atoms with E-state index in [0.29, 0.717) is 5.92 Å². The van der Waals surface area contributed by atoms with Gasteiger partial charge in [-0.3, -0.25) is 4.90 Å². The fraction of sp³-hybridized carbons (Fsp3) is 0.600. The number of nitrogens with two attached hydrogens (primary N) is 1. The third kappa shape index (κ3) is 2.58. The molecule has 0 amide bonds. The van der Waals surface area contributed by atoms with Crippen LogP contribution >= 0.6 is 0 Å². The number of benzene rings is 1. The molecule has 2 rings (SSSR count). The second-order valence-corrected chi connectivity index (χ2v) is 5.79. The first kappa shape index (κ1) is 13.5. The first-order valence-electron chi connectivity index (χ1n) is 6.74. The number of aliphatic hydroxyl groups excluding tert-OH is 1. The van der Waals surface area contributed by atoms with E-state index in [-0.39, 0.29) is 12.6 Å². The van der Waals surface area contributed by atoms with Gasteiger partial charge in [0.2, 0.25) is 0 Å². The van der Waals surface area contributed by atoms with Crippen LogP contribution in [0.2, 0.25) is 0 Å². The Morgan fingerprint density at radius 1 is 1.39 bits per heavy atom. The quantitative estimate of drug-likeness (QED) is 0.851. The van der Waals surface area contributed by atoms with Gasteiger partial charge < -0.3 is 10.8 Å². The minimum absolute atomic E-state index is 0.0706. The van der Waals surface area contributed by atoms with Crippen molar-refractivity contribution in [1.82, 2.24) is 4.90 Å². The van der Waals surface area contributed by atoms with Gasteiger partial charge in [-0.1, -0.05) is 44.2 Å². The van der Waals surface area contributed by atoms with Crippen molar-refractivity contribution in [3.05, 3.63) is 35.9 Å². The van der Waals surface area contributed by atoms with Gasteiger partial charge in [0.05, 0.1) is 12.1 Å². The third-order valence-corrected chi connectivity index (χ3v) is 4.00. The maximum absolute atomic E-state index is 9.58. The smallest absolute Gasteiger partial charge is 0.0627 e. The highest BCUT2D eigenvalue weighted by molar-refractivity contribution is 5.16. The van der Waals surface area contributed by atoms with Gasteiger partial charge in [-0.15, -0.1) is 0 Å². The average Bonchev–Trinajstić information content (AvgIpc) is 2.69. The van der Waals surface area contributed by atoms with Crippen molar-refractivity contribution in [3.8, 4) is 0 Å². The molecule has 1 heterocycles. The lowest BCUT2D eigenvalue weighted by atomic mass is 9.85. The summed E-state index contributed by atoms with van der Waals surface area (Å²) >= 11 is 0. The van der Waals surface area contributed by atoms with E-state index in [0.717, 1.165) is 19.5 Å². The van der Waals surface area contributed by atoms with Crippen LogP contribution in [0.5, 0.6) is 0 Å². The SMILES string of the molecule is CC(C)C1N(Cc2ccccc2)CCC1(N)CO. The molecule has 3 heteroatoms. The Kier molecular flexibility index (Phi) is 4.05. The van der Waals surface area contributed by atoms with Crippen LogP contribution in [-0.4, -0.2) is 34.7 Å². The van der Waals surface area contributed by atoms with E-state index in [1.807, 2.05) is 6.07 Å². The maximum atomic E-state index is 9.58. The summed E-state index contributed by atoms with van der Waals surface area (Å²) in [7, 11) is 0. The van der Waals surface area contributed by atoms with Crippen LogP contribution < -0.4 is 5.73 Å². The Morgan fingerprint density at radius 2 is 2.06 bits per heavy atom. The first-order chi connectivity index (χ1) is 8.57. The molecule has 1 aliphatic rings. The molecular formula is C15H24N2O. The fourth-order valence-corrected chi connectivity index (χ4v) is 3.26. The molecule has 0 aliphatic carbocycles. The molecule has 1 fully saturated rings. The van der Waals surface area contributed by atoms with E-state index in [9.17, 15) is 5.11 Å². The molecule has 18 heavy (non-hydrogen) atoms. The summed E-state index contributed by atoms with van der Waals surface area (Å²) in [6.45, 7) is 6.33. The largest absolute Gasteiger partial charge is 0.394 e. The number of hydrogen-bond donors (Lipinski definition) is 2. The van der Waals surface area contributed by atoms with E-state index in [4.69, 9.17) is 5.73 Å². The summed E-state index contributed by atoms with van der Waals surface area (Å²) in [5.41, 5.74) is 7.22. The topological polar surface area (TPSA) is 49.5 Å². The molecule has 2 unspecified atom stereocenters. The lowest BCUT2D eigenvalue weighted by molar-refractivity contribution is 0.105. The summed E-state index contributed by atoms with van der Waals surface area (Å²) in [6, 6.07) is 10.7. The molecular weight excluding hydrogens is 224 g/mol. The summed E-state index contributed by atoms with van der Waals surface area (Å²) in [6.07, 6.45) is 0.874. The number of nitrogens with zero attached hydrogens (tertiary/aromatic N) is 1. The van der Waals surface area contributed by atoms with E-state index >= 15 is 0 Å². The molecule has 0 saturated carbocycles. The molecule has 0 aromatic heterocycles. The van der Waals surface area contributed by atoms with Gasteiger partial charge in [0, 0.05) is 19.1 Å². The summed E-state index contributed by atoms with van der Waals surface area (Å²) < 4.78 is 0. The maximum Gasteiger partial charge on any atom is 0.0627 e. The number of aliphatic hydroxyl groups is 1. The molecule has 0 spiro atoms. The van der Waals surface area contributed by atoms with E-state index in [1.165, 1.54) is 5.56 Å². The van der Waals surface area contributed by atoms with E-state index in [1.54, 1.807) is 0 Å². The van der Waals surface area contributed by atoms with Gasteiger partial charge in [-0.05, 0) is 17.9 Å². The normalized spacial score (nSPS) is 29.1. The second kappa shape index (κ2) is 5.39. The van der Waals surface area contributed by atoms with E-state index < -0.39 is 5.54 Å². The minimum Gasteiger partial charge on any atom is -0.394 e. The summed E-state index contributed by atoms with van der Waals surface area (Å²) in [4.78, 5) is 2.41. The third-order valence-electron chi connectivity index (χ3n) is 4.00. The van der Waals surface area contributed by atoms with Crippen LogP contribution in [0.15, 0.2) is 30.3 Å². The minimum atomic E-state index is -0.442. The van der Waals surface area contributed by atoms with Crippen molar-refractivity contribution in [2.24, 2.45) is 11.7 Å². The van der Waals surface area contributed by atoms with Crippen molar-refractivity contribution >= 4 is 0 Å². The van der Waals surface area contributed by atoms with Crippen molar-refractivity contribution < 1.29 is 5.11 Å². The fourth-order valence-electron chi connectivity index (χ4n) is 3.26. The molecule has 1 aromatic carbocycles. The van der Waals surface area contributed by atoms with Gasteiger partial charge in [0.25, 0.3) is 0 Å². The van der Waals surface area contributed by atoms with Gasteiger partial charge in [-0.2, -0.15) is 0 Å².